The molecule has 0 saturated heterocycles. The molecule has 0 aliphatic heterocycles. The molecule has 0 bridgehead atoms. The highest BCUT2D eigenvalue weighted by Crippen LogP contribution is 2.25. The Morgan fingerprint density at radius 1 is 1.10 bits per heavy atom. The maximum absolute atomic E-state index is 5.69. The van der Waals surface area contributed by atoms with Crippen LogP contribution < -0.4 is 10.1 Å². The number of benzene rings is 1. The summed E-state index contributed by atoms with van der Waals surface area (Å²) in [5, 5.41) is 3.35. The van der Waals surface area contributed by atoms with Gasteiger partial charge in [0.2, 0.25) is 0 Å². The normalized spacial score (nSPS) is 12.5. The molecule has 0 amide bonds. The number of rotatable bonds is 5. The van der Waals surface area contributed by atoms with Gasteiger partial charge < -0.3 is 10.1 Å². The summed E-state index contributed by atoms with van der Waals surface area (Å²) >= 11 is 0. The van der Waals surface area contributed by atoms with Crippen LogP contribution in [-0.4, -0.2) is 18.1 Å². The van der Waals surface area contributed by atoms with E-state index in [1.165, 1.54) is 16.7 Å². The third-order valence-corrected chi connectivity index (χ3v) is 3.40. The minimum Gasteiger partial charge on any atom is -0.491 e. The van der Waals surface area contributed by atoms with E-state index in [1.54, 1.807) is 0 Å². The summed E-state index contributed by atoms with van der Waals surface area (Å²) in [6, 6.07) is 10.5. The number of aromatic nitrogens is 1. The van der Waals surface area contributed by atoms with Crippen LogP contribution in [0.3, 0.4) is 0 Å². The lowest BCUT2D eigenvalue weighted by molar-refractivity contribution is 0.242. The summed E-state index contributed by atoms with van der Waals surface area (Å²) in [5.74, 6) is 0.900. The monoisotopic (exact) mass is 284 g/mol. The molecule has 2 aromatic rings. The van der Waals surface area contributed by atoms with Crippen molar-refractivity contribution < 1.29 is 4.74 Å². The summed E-state index contributed by atoms with van der Waals surface area (Å²) in [6.45, 7) is 8.24. The third-order valence-electron chi connectivity index (χ3n) is 3.40. The van der Waals surface area contributed by atoms with Gasteiger partial charge in [-0.2, -0.15) is 0 Å². The Hall–Kier alpha value is -1.87. The quantitative estimate of drug-likeness (QED) is 0.907. The summed E-state index contributed by atoms with van der Waals surface area (Å²) < 4.78 is 5.69. The second-order valence-electron chi connectivity index (χ2n) is 5.67. The van der Waals surface area contributed by atoms with E-state index in [1.807, 2.05) is 39.2 Å². The number of aryl methyl sites for hydroxylation is 2. The Labute approximate surface area is 127 Å². The van der Waals surface area contributed by atoms with Gasteiger partial charge in [-0.25, -0.2) is 0 Å². The van der Waals surface area contributed by atoms with Gasteiger partial charge in [0.1, 0.15) is 5.75 Å². The first-order valence-electron chi connectivity index (χ1n) is 7.38. The Morgan fingerprint density at radius 3 is 2.29 bits per heavy atom. The average Bonchev–Trinajstić information content (AvgIpc) is 2.43. The zero-order valence-corrected chi connectivity index (χ0v) is 13.5. The van der Waals surface area contributed by atoms with Crippen LogP contribution >= 0.6 is 0 Å². The molecule has 21 heavy (non-hydrogen) atoms. The second kappa shape index (κ2) is 6.72. The van der Waals surface area contributed by atoms with E-state index in [0.717, 1.165) is 11.4 Å². The average molecular weight is 284 g/mol. The molecule has 3 heteroatoms. The van der Waals surface area contributed by atoms with Gasteiger partial charge in [-0.05, 0) is 63.6 Å². The molecule has 1 atom stereocenters. The van der Waals surface area contributed by atoms with E-state index < -0.39 is 0 Å². The highest BCUT2D eigenvalue weighted by atomic mass is 16.5. The van der Waals surface area contributed by atoms with E-state index in [-0.39, 0.29) is 12.1 Å². The molecule has 3 nitrogen and oxygen atoms in total. The van der Waals surface area contributed by atoms with Crippen LogP contribution in [0.1, 0.15) is 42.3 Å². The number of pyridine rings is 1. The molecule has 2 rings (SSSR count). The fourth-order valence-electron chi connectivity index (χ4n) is 2.50. The van der Waals surface area contributed by atoms with E-state index in [9.17, 15) is 0 Å². The summed E-state index contributed by atoms with van der Waals surface area (Å²) in [7, 11) is 1.96. The van der Waals surface area contributed by atoms with Gasteiger partial charge in [0.15, 0.2) is 0 Å². The standard InChI is InChI=1S/C18H24N2O/c1-12(2)21-16-8-6-15(7-9-16)18(19-5)17-14(4)10-13(3)11-20-17/h6-12,18-19H,1-5H3. The highest BCUT2D eigenvalue weighted by molar-refractivity contribution is 5.36. The third kappa shape index (κ3) is 3.82. The van der Waals surface area contributed by atoms with Crippen molar-refractivity contribution in [1.29, 1.82) is 0 Å². The minimum absolute atomic E-state index is 0.0960. The predicted molar refractivity (Wildman–Crippen MR) is 86.8 cm³/mol. The first kappa shape index (κ1) is 15.5. The van der Waals surface area contributed by atoms with Crippen molar-refractivity contribution in [3.63, 3.8) is 0 Å². The van der Waals surface area contributed by atoms with E-state index in [4.69, 9.17) is 4.74 Å². The van der Waals surface area contributed by atoms with Gasteiger partial charge in [0, 0.05) is 6.20 Å². The number of hydrogen-bond acceptors (Lipinski definition) is 3. The maximum atomic E-state index is 5.69. The molecule has 1 heterocycles. The number of ether oxygens (including phenoxy) is 1. The fourth-order valence-corrected chi connectivity index (χ4v) is 2.50. The van der Waals surface area contributed by atoms with Gasteiger partial charge in [0.25, 0.3) is 0 Å². The number of hydrogen-bond donors (Lipinski definition) is 1. The minimum atomic E-state index is 0.0960. The molecule has 0 saturated carbocycles. The lowest BCUT2D eigenvalue weighted by atomic mass is 9.99. The molecule has 1 N–H and O–H groups in total. The molecule has 0 aliphatic rings. The van der Waals surface area contributed by atoms with Crippen LogP contribution in [0.15, 0.2) is 36.5 Å². The van der Waals surface area contributed by atoms with Crippen molar-refractivity contribution in [2.75, 3.05) is 7.05 Å². The molecule has 0 fully saturated rings. The van der Waals surface area contributed by atoms with Crippen LogP contribution in [0.4, 0.5) is 0 Å². The van der Waals surface area contributed by atoms with Gasteiger partial charge in [-0.15, -0.1) is 0 Å². The van der Waals surface area contributed by atoms with Crippen molar-refractivity contribution in [2.24, 2.45) is 0 Å². The van der Waals surface area contributed by atoms with Crippen molar-refractivity contribution in [3.05, 3.63) is 58.9 Å². The molecule has 1 aromatic carbocycles. The molecular weight excluding hydrogens is 260 g/mol. The Bertz CT molecular complexity index is 591. The van der Waals surface area contributed by atoms with E-state index >= 15 is 0 Å². The first-order valence-corrected chi connectivity index (χ1v) is 7.38. The SMILES string of the molecule is CNC(c1ccc(OC(C)C)cc1)c1ncc(C)cc1C. The van der Waals surface area contributed by atoms with Crippen molar-refractivity contribution in [2.45, 2.75) is 39.8 Å². The van der Waals surface area contributed by atoms with Crippen LogP contribution in [0.5, 0.6) is 5.75 Å². The van der Waals surface area contributed by atoms with Crippen LogP contribution in [-0.2, 0) is 0 Å². The lowest BCUT2D eigenvalue weighted by Gasteiger charge is -2.19. The molecule has 1 unspecified atom stereocenters. The van der Waals surface area contributed by atoms with Gasteiger partial charge >= 0.3 is 0 Å². The maximum Gasteiger partial charge on any atom is 0.119 e. The highest BCUT2D eigenvalue weighted by Gasteiger charge is 2.16. The predicted octanol–water partition coefficient (Wildman–Crippen LogP) is 3.79. The zero-order chi connectivity index (χ0) is 15.4. The van der Waals surface area contributed by atoms with Crippen molar-refractivity contribution >= 4 is 0 Å². The summed E-state index contributed by atoms with van der Waals surface area (Å²) in [4.78, 5) is 4.60. The topological polar surface area (TPSA) is 34.1 Å². The lowest BCUT2D eigenvalue weighted by Crippen LogP contribution is -2.20. The van der Waals surface area contributed by atoms with E-state index in [0.29, 0.717) is 0 Å². The second-order valence-corrected chi connectivity index (χ2v) is 5.67. The summed E-state index contributed by atoms with van der Waals surface area (Å²) in [6.07, 6.45) is 2.11. The van der Waals surface area contributed by atoms with Crippen LogP contribution in [0, 0.1) is 13.8 Å². The first-order chi connectivity index (χ1) is 10.0. The molecular formula is C18H24N2O. The van der Waals surface area contributed by atoms with E-state index in [2.05, 4.69) is 42.3 Å². The van der Waals surface area contributed by atoms with Gasteiger partial charge in [-0.3, -0.25) is 4.98 Å². The van der Waals surface area contributed by atoms with Gasteiger partial charge in [0.05, 0.1) is 17.8 Å². The molecule has 112 valence electrons. The zero-order valence-electron chi connectivity index (χ0n) is 13.5. The molecule has 0 radical (unpaired) electrons. The molecule has 0 spiro atoms. The Morgan fingerprint density at radius 2 is 1.76 bits per heavy atom. The van der Waals surface area contributed by atoms with Crippen LogP contribution in [0.25, 0.3) is 0 Å². The Balaban J connectivity index is 2.28. The Kier molecular flexibility index (Phi) is 4.97. The molecule has 1 aromatic heterocycles. The number of nitrogens with one attached hydrogen (secondary N) is 1. The fraction of sp³-hybridized carbons (Fsp3) is 0.389. The summed E-state index contributed by atoms with van der Waals surface area (Å²) in [5.41, 5.74) is 4.65. The smallest absolute Gasteiger partial charge is 0.119 e. The van der Waals surface area contributed by atoms with Crippen molar-refractivity contribution in [3.8, 4) is 5.75 Å². The largest absolute Gasteiger partial charge is 0.491 e. The van der Waals surface area contributed by atoms with Crippen LogP contribution in [0.2, 0.25) is 0 Å². The molecule has 0 aliphatic carbocycles. The van der Waals surface area contributed by atoms with Crippen molar-refractivity contribution in [1.82, 2.24) is 10.3 Å². The number of nitrogens with zero attached hydrogens (tertiary/aromatic N) is 1. The van der Waals surface area contributed by atoms with Gasteiger partial charge in [-0.1, -0.05) is 18.2 Å².